The van der Waals surface area contributed by atoms with Crippen molar-refractivity contribution < 1.29 is 0 Å². The molecule has 0 unspecified atom stereocenters. The molecule has 3 N–H and O–H groups in total. The monoisotopic (exact) mass is 296 g/mol. The molecule has 21 heavy (non-hydrogen) atoms. The second-order valence-corrected chi connectivity index (χ2v) is 5.15. The van der Waals surface area contributed by atoms with Gasteiger partial charge < -0.3 is 10.7 Å². The highest BCUT2D eigenvalue weighted by Crippen LogP contribution is 2.28. The molecular formula is C16H16N4S. The number of fused-ring (bicyclic) bond motifs is 1. The molecule has 106 valence electrons. The lowest BCUT2D eigenvalue weighted by molar-refractivity contribution is 1.10. The molecule has 3 aromatic rings. The first-order valence-corrected chi connectivity index (χ1v) is 7.23. The highest BCUT2D eigenvalue weighted by atomic mass is 32.1. The zero-order valence-corrected chi connectivity index (χ0v) is 12.5. The van der Waals surface area contributed by atoms with E-state index in [-0.39, 0.29) is 5.11 Å². The van der Waals surface area contributed by atoms with Gasteiger partial charge in [0.2, 0.25) is 5.95 Å². The molecule has 4 nitrogen and oxygen atoms in total. The summed E-state index contributed by atoms with van der Waals surface area (Å²) in [4.78, 5) is 9.65. The zero-order chi connectivity index (χ0) is 14.8. The Labute approximate surface area is 128 Å². The zero-order valence-electron chi connectivity index (χ0n) is 11.7. The molecule has 1 heterocycles. The summed E-state index contributed by atoms with van der Waals surface area (Å²) in [6, 6.07) is 15.9. The molecular weight excluding hydrogens is 280 g/mol. The van der Waals surface area contributed by atoms with Crippen LogP contribution in [0.15, 0.2) is 48.5 Å². The normalized spacial score (nSPS) is 10.7. The lowest BCUT2D eigenvalue weighted by Crippen LogP contribution is -2.32. The molecule has 0 fully saturated rings. The van der Waals surface area contributed by atoms with E-state index in [1.165, 1.54) is 5.56 Å². The van der Waals surface area contributed by atoms with Crippen LogP contribution >= 0.6 is 12.2 Å². The van der Waals surface area contributed by atoms with Gasteiger partial charge in [0.1, 0.15) is 0 Å². The van der Waals surface area contributed by atoms with Crippen LogP contribution in [0.2, 0.25) is 0 Å². The number of aromatic nitrogens is 2. The van der Waals surface area contributed by atoms with Crippen molar-refractivity contribution in [2.45, 2.75) is 13.3 Å². The van der Waals surface area contributed by atoms with Gasteiger partial charge in [0.05, 0.1) is 16.7 Å². The molecule has 0 saturated heterocycles. The van der Waals surface area contributed by atoms with Gasteiger partial charge in [-0.3, -0.25) is 4.90 Å². The van der Waals surface area contributed by atoms with Crippen LogP contribution in [0.4, 0.5) is 11.6 Å². The third-order valence-electron chi connectivity index (χ3n) is 3.42. The van der Waals surface area contributed by atoms with Crippen molar-refractivity contribution in [1.29, 1.82) is 0 Å². The number of hydrogen-bond donors (Lipinski definition) is 2. The van der Waals surface area contributed by atoms with Crippen molar-refractivity contribution in [3.8, 4) is 0 Å². The maximum absolute atomic E-state index is 5.94. The number of aryl methyl sites for hydroxylation is 1. The van der Waals surface area contributed by atoms with Crippen molar-refractivity contribution in [2.75, 3.05) is 4.90 Å². The topological polar surface area (TPSA) is 57.9 Å². The number of imidazole rings is 1. The fraction of sp³-hybridized carbons (Fsp3) is 0.125. The Kier molecular flexibility index (Phi) is 3.58. The molecule has 0 bridgehead atoms. The Balaban J connectivity index is 2.15. The molecule has 1 aromatic heterocycles. The van der Waals surface area contributed by atoms with Crippen molar-refractivity contribution in [3.05, 3.63) is 54.1 Å². The minimum atomic E-state index is 0.273. The number of para-hydroxylation sites is 3. The van der Waals surface area contributed by atoms with E-state index in [2.05, 4.69) is 23.0 Å². The molecule has 0 amide bonds. The Morgan fingerprint density at radius 2 is 1.90 bits per heavy atom. The minimum Gasteiger partial charge on any atom is -0.376 e. The van der Waals surface area contributed by atoms with Crippen molar-refractivity contribution >= 4 is 40.0 Å². The number of nitrogens with zero attached hydrogens (tertiary/aromatic N) is 2. The maximum atomic E-state index is 5.94. The maximum Gasteiger partial charge on any atom is 0.214 e. The molecule has 0 aliphatic carbocycles. The summed E-state index contributed by atoms with van der Waals surface area (Å²) in [5.74, 6) is 0.643. The number of hydrogen-bond acceptors (Lipinski definition) is 2. The van der Waals surface area contributed by atoms with Gasteiger partial charge in [-0.25, -0.2) is 4.98 Å². The summed E-state index contributed by atoms with van der Waals surface area (Å²) in [6.45, 7) is 2.11. The van der Waals surface area contributed by atoms with E-state index in [9.17, 15) is 0 Å². The first-order chi connectivity index (χ1) is 10.2. The number of nitrogens with one attached hydrogen (secondary N) is 1. The van der Waals surface area contributed by atoms with Gasteiger partial charge in [-0.2, -0.15) is 0 Å². The number of rotatable bonds is 3. The second kappa shape index (κ2) is 5.54. The fourth-order valence-electron chi connectivity index (χ4n) is 2.41. The average Bonchev–Trinajstić information content (AvgIpc) is 2.90. The largest absolute Gasteiger partial charge is 0.376 e. The molecule has 0 spiro atoms. The minimum absolute atomic E-state index is 0.273. The Morgan fingerprint density at radius 1 is 1.19 bits per heavy atom. The molecule has 3 rings (SSSR count). The number of nitrogens with two attached hydrogens (primary N) is 1. The van der Waals surface area contributed by atoms with Gasteiger partial charge in [0.25, 0.3) is 0 Å². The Bertz CT molecular complexity index is 761. The molecule has 0 saturated carbocycles. The molecule has 0 atom stereocenters. The predicted octanol–water partition coefficient (Wildman–Crippen LogP) is 3.51. The number of thiocarbonyl (C=S) groups is 1. The summed E-state index contributed by atoms with van der Waals surface area (Å²) in [5, 5.41) is 0.273. The molecule has 0 radical (unpaired) electrons. The van der Waals surface area contributed by atoms with E-state index in [1.807, 2.05) is 42.5 Å². The summed E-state index contributed by atoms with van der Waals surface area (Å²) in [6.07, 6.45) is 0.898. The number of anilines is 2. The summed E-state index contributed by atoms with van der Waals surface area (Å²) in [7, 11) is 0. The van der Waals surface area contributed by atoms with E-state index in [0.717, 1.165) is 23.1 Å². The fourth-order valence-corrected chi connectivity index (χ4v) is 2.60. The Morgan fingerprint density at radius 3 is 2.62 bits per heavy atom. The summed E-state index contributed by atoms with van der Waals surface area (Å²) < 4.78 is 0. The van der Waals surface area contributed by atoms with Gasteiger partial charge in [-0.1, -0.05) is 37.3 Å². The summed E-state index contributed by atoms with van der Waals surface area (Å²) >= 11 is 5.24. The van der Waals surface area contributed by atoms with Gasteiger partial charge in [0.15, 0.2) is 5.11 Å². The molecule has 2 aromatic carbocycles. The van der Waals surface area contributed by atoms with E-state index in [4.69, 9.17) is 18.0 Å². The van der Waals surface area contributed by atoms with Crippen molar-refractivity contribution in [1.82, 2.24) is 9.97 Å². The van der Waals surface area contributed by atoms with Crippen LogP contribution in [0.1, 0.15) is 12.5 Å². The first kappa shape index (κ1) is 13.6. The number of H-pyrrole nitrogens is 1. The van der Waals surface area contributed by atoms with Crippen LogP contribution in [-0.4, -0.2) is 15.1 Å². The smallest absolute Gasteiger partial charge is 0.214 e. The van der Waals surface area contributed by atoms with Gasteiger partial charge in [-0.05, 0) is 42.4 Å². The summed E-state index contributed by atoms with van der Waals surface area (Å²) in [5.41, 5.74) is 9.93. The highest BCUT2D eigenvalue weighted by molar-refractivity contribution is 7.80. The predicted molar refractivity (Wildman–Crippen MR) is 90.8 cm³/mol. The molecule has 5 heteroatoms. The first-order valence-electron chi connectivity index (χ1n) is 6.83. The standard InChI is InChI=1S/C16H16N4S/c1-2-11-7-3-6-10-14(11)20(15(17)21)16-18-12-8-4-5-9-13(12)19-16/h3-10H,2H2,1H3,(H2,17,21)(H,18,19). The van der Waals surface area contributed by atoms with Crippen LogP contribution in [0.3, 0.4) is 0 Å². The van der Waals surface area contributed by atoms with Gasteiger partial charge >= 0.3 is 0 Å². The number of benzene rings is 2. The number of aromatic amines is 1. The SMILES string of the molecule is CCc1ccccc1N(C(N)=S)c1nc2ccccc2[nH]1. The van der Waals surface area contributed by atoms with Crippen LogP contribution < -0.4 is 10.6 Å². The van der Waals surface area contributed by atoms with E-state index >= 15 is 0 Å². The van der Waals surface area contributed by atoms with Crippen LogP contribution in [0, 0.1) is 0 Å². The average molecular weight is 296 g/mol. The van der Waals surface area contributed by atoms with Crippen LogP contribution in [0.5, 0.6) is 0 Å². The second-order valence-electron chi connectivity index (χ2n) is 4.73. The van der Waals surface area contributed by atoms with Crippen molar-refractivity contribution in [2.24, 2.45) is 5.73 Å². The van der Waals surface area contributed by atoms with Crippen LogP contribution in [-0.2, 0) is 6.42 Å². The Hall–Kier alpha value is -2.40. The lowest BCUT2D eigenvalue weighted by atomic mass is 10.1. The van der Waals surface area contributed by atoms with E-state index in [1.54, 1.807) is 4.90 Å². The van der Waals surface area contributed by atoms with E-state index in [0.29, 0.717) is 5.95 Å². The molecule has 0 aliphatic rings. The highest BCUT2D eigenvalue weighted by Gasteiger charge is 2.18. The van der Waals surface area contributed by atoms with Crippen molar-refractivity contribution in [3.63, 3.8) is 0 Å². The van der Waals surface area contributed by atoms with E-state index < -0.39 is 0 Å². The molecule has 0 aliphatic heterocycles. The quantitative estimate of drug-likeness (QED) is 0.726. The van der Waals surface area contributed by atoms with Crippen LogP contribution in [0.25, 0.3) is 11.0 Å². The third kappa shape index (κ3) is 2.48. The lowest BCUT2D eigenvalue weighted by Gasteiger charge is -2.22. The van der Waals surface area contributed by atoms with Gasteiger partial charge in [-0.15, -0.1) is 0 Å². The third-order valence-corrected chi connectivity index (χ3v) is 3.61. The van der Waals surface area contributed by atoms with Gasteiger partial charge in [0, 0.05) is 0 Å².